The summed E-state index contributed by atoms with van der Waals surface area (Å²) in [6.07, 6.45) is 6.87. The largest absolute Gasteiger partial charge is 0.481 e. The molecule has 0 aliphatic heterocycles. The molecule has 1 atom stereocenters. The van der Waals surface area contributed by atoms with Crippen LogP contribution in [-0.2, 0) is 24.1 Å². The molecule has 1 aliphatic carbocycles. The molecular weight excluding hydrogens is 378 g/mol. The third-order valence-electron chi connectivity index (χ3n) is 6.12. The smallest absolute Gasteiger partial charge is 0.311 e. The molecule has 1 aliphatic rings. The molecule has 1 aromatic carbocycles. The van der Waals surface area contributed by atoms with E-state index in [2.05, 4.69) is 45.0 Å². The lowest BCUT2D eigenvalue weighted by molar-refractivity contribution is -0.139. The predicted molar refractivity (Wildman–Crippen MR) is 121 cm³/mol. The van der Waals surface area contributed by atoms with E-state index in [4.69, 9.17) is 4.98 Å². The first-order valence-corrected chi connectivity index (χ1v) is 11.6. The molecule has 4 heteroatoms. The maximum atomic E-state index is 12.3. The Morgan fingerprint density at radius 1 is 1.17 bits per heavy atom. The molecule has 0 bridgehead atoms. The van der Waals surface area contributed by atoms with Crippen LogP contribution >= 0.6 is 11.3 Å². The number of fused-ring (bicyclic) bond motifs is 3. The van der Waals surface area contributed by atoms with Gasteiger partial charge in [0.15, 0.2) is 0 Å². The molecule has 1 N–H and O–H groups in total. The van der Waals surface area contributed by atoms with E-state index < -0.39 is 11.9 Å². The van der Waals surface area contributed by atoms with Gasteiger partial charge in [-0.3, -0.25) is 4.79 Å². The molecule has 3 aromatic rings. The number of aliphatic carboxylic acids is 1. The molecule has 4 rings (SSSR count). The zero-order valence-electron chi connectivity index (χ0n) is 17.5. The highest BCUT2D eigenvalue weighted by Gasteiger charge is 2.30. The van der Waals surface area contributed by atoms with Gasteiger partial charge in [-0.15, -0.1) is 11.3 Å². The standard InChI is InChI=1S/C25H29NO2S/c1-4-8-18(25(27)28)22-19(5-2)26-24-23(17-9-6-7-10-20(17)29-24)21(22)16-13-11-15(3)12-14-16/h11-14,18H,4-10H2,1-3H3,(H,27,28). The van der Waals surface area contributed by atoms with E-state index in [0.717, 1.165) is 52.9 Å². The third-order valence-corrected chi connectivity index (χ3v) is 7.30. The normalized spacial score (nSPS) is 14.7. The van der Waals surface area contributed by atoms with E-state index in [-0.39, 0.29) is 0 Å². The zero-order chi connectivity index (χ0) is 20.5. The van der Waals surface area contributed by atoms with Gasteiger partial charge in [0.25, 0.3) is 0 Å². The Kier molecular flexibility index (Phi) is 5.73. The molecule has 0 fully saturated rings. The van der Waals surface area contributed by atoms with Gasteiger partial charge in [-0.2, -0.15) is 0 Å². The van der Waals surface area contributed by atoms with Gasteiger partial charge in [0, 0.05) is 16.0 Å². The highest BCUT2D eigenvalue weighted by molar-refractivity contribution is 7.19. The summed E-state index contributed by atoms with van der Waals surface area (Å²) in [7, 11) is 0. The number of nitrogens with zero attached hydrogens (tertiary/aromatic N) is 1. The summed E-state index contributed by atoms with van der Waals surface area (Å²) >= 11 is 1.82. The minimum atomic E-state index is -0.736. The minimum Gasteiger partial charge on any atom is -0.481 e. The topological polar surface area (TPSA) is 50.2 Å². The van der Waals surface area contributed by atoms with Crippen molar-refractivity contribution in [3.8, 4) is 11.1 Å². The number of carboxylic acids is 1. The fourth-order valence-corrected chi connectivity index (χ4v) is 5.98. The first-order valence-electron chi connectivity index (χ1n) is 10.8. The van der Waals surface area contributed by atoms with Gasteiger partial charge in [0.1, 0.15) is 4.83 Å². The van der Waals surface area contributed by atoms with Crippen molar-refractivity contribution in [2.24, 2.45) is 0 Å². The summed E-state index contributed by atoms with van der Waals surface area (Å²) in [6, 6.07) is 8.58. The van der Waals surface area contributed by atoms with Crippen molar-refractivity contribution in [2.45, 2.75) is 71.6 Å². The highest BCUT2D eigenvalue weighted by Crippen LogP contribution is 2.45. The van der Waals surface area contributed by atoms with Gasteiger partial charge in [-0.25, -0.2) is 4.98 Å². The maximum Gasteiger partial charge on any atom is 0.311 e. The molecule has 1 unspecified atom stereocenters. The summed E-state index contributed by atoms with van der Waals surface area (Å²) in [4.78, 5) is 19.9. The van der Waals surface area contributed by atoms with Crippen LogP contribution in [0.1, 0.15) is 72.7 Å². The molecule has 29 heavy (non-hydrogen) atoms. The van der Waals surface area contributed by atoms with Crippen LogP contribution in [0.3, 0.4) is 0 Å². The Labute approximate surface area is 176 Å². The fraction of sp³-hybridized carbons (Fsp3) is 0.440. The van der Waals surface area contributed by atoms with Gasteiger partial charge in [0.05, 0.1) is 5.92 Å². The van der Waals surface area contributed by atoms with Crippen molar-refractivity contribution in [3.63, 3.8) is 0 Å². The molecule has 2 heterocycles. The molecule has 152 valence electrons. The molecular formula is C25H29NO2S. The second-order valence-electron chi connectivity index (χ2n) is 8.14. The van der Waals surface area contributed by atoms with Gasteiger partial charge in [-0.05, 0) is 67.7 Å². The Hall–Kier alpha value is -2.20. The second kappa shape index (κ2) is 8.27. The lowest BCUT2D eigenvalue weighted by Gasteiger charge is -2.22. The minimum absolute atomic E-state index is 0.512. The molecule has 0 amide bonds. The first kappa shape index (κ1) is 20.1. The van der Waals surface area contributed by atoms with E-state index in [1.807, 2.05) is 11.3 Å². The highest BCUT2D eigenvalue weighted by atomic mass is 32.1. The van der Waals surface area contributed by atoms with Gasteiger partial charge in [0.2, 0.25) is 0 Å². The van der Waals surface area contributed by atoms with Crippen LogP contribution in [0.15, 0.2) is 24.3 Å². The molecule has 0 radical (unpaired) electrons. The molecule has 0 saturated heterocycles. The van der Waals surface area contributed by atoms with Crippen LogP contribution in [0.2, 0.25) is 0 Å². The molecule has 2 aromatic heterocycles. The average molecular weight is 408 g/mol. The zero-order valence-corrected chi connectivity index (χ0v) is 18.4. The number of aryl methyl sites for hydroxylation is 4. The molecule has 0 saturated carbocycles. The SMILES string of the molecule is CCCC(C(=O)O)c1c(CC)nc2sc3c(c2c1-c1ccc(C)cc1)CCCC3. The molecule has 3 nitrogen and oxygen atoms in total. The Morgan fingerprint density at radius 3 is 2.55 bits per heavy atom. The van der Waals surface area contributed by atoms with Crippen LogP contribution in [0.25, 0.3) is 21.3 Å². The Balaban J connectivity index is 2.12. The van der Waals surface area contributed by atoms with Crippen molar-refractivity contribution in [1.29, 1.82) is 0 Å². The first-order chi connectivity index (χ1) is 14.0. The summed E-state index contributed by atoms with van der Waals surface area (Å²) in [5.74, 6) is -1.25. The van der Waals surface area contributed by atoms with Gasteiger partial charge >= 0.3 is 5.97 Å². The Bertz CT molecular complexity index is 1050. The summed E-state index contributed by atoms with van der Waals surface area (Å²) in [6.45, 7) is 6.24. The van der Waals surface area contributed by atoms with Crippen LogP contribution in [-0.4, -0.2) is 16.1 Å². The van der Waals surface area contributed by atoms with Crippen LogP contribution in [0.4, 0.5) is 0 Å². The van der Waals surface area contributed by atoms with Crippen LogP contribution < -0.4 is 0 Å². The van der Waals surface area contributed by atoms with Gasteiger partial charge in [-0.1, -0.05) is 50.1 Å². The maximum absolute atomic E-state index is 12.3. The quantitative estimate of drug-likeness (QED) is 0.496. The predicted octanol–water partition coefficient (Wildman–Crippen LogP) is 6.68. The summed E-state index contributed by atoms with van der Waals surface area (Å²) in [5, 5.41) is 11.4. The Morgan fingerprint density at radius 2 is 1.90 bits per heavy atom. The van der Waals surface area contributed by atoms with E-state index in [9.17, 15) is 9.90 Å². The van der Waals surface area contributed by atoms with Gasteiger partial charge < -0.3 is 5.11 Å². The second-order valence-corrected chi connectivity index (χ2v) is 9.22. The van der Waals surface area contributed by atoms with Crippen LogP contribution in [0.5, 0.6) is 0 Å². The number of aromatic nitrogens is 1. The van der Waals surface area contributed by atoms with Crippen LogP contribution in [0, 0.1) is 6.92 Å². The summed E-state index contributed by atoms with van der Waals surface area (Å²) < 4.78 is 0. The number of hydrogen-bond acceptors (Lipinski definition) is 3. The van der Waals surface area contributed by atoms with Crippen molar-refractivity contribution >= 4 is 27.5 Å². The third kappa shape index (κ3) is 3.59. The van der Waals surface area contributed by atoms with E-state index in [1.165, 1.54) is 34.2 Å². The number of rotatable bonds is 6. The fourth-order valence-electron chi connectivity index (χ4n) is 4.69. The number of pyridine rings is 1. The van der Waals surface area contributed by atoms with Crippen molar-refractivity contribution < 1.29 is 9.90 Å². The lowest BCUT2D eigenvalue weighted by Crippen LogP contribution is -2.16. The van der Waals surface area contributed by atoms with Crippen molar-refractivity contribution in [2.75, 3.05) is 0 Å². The lowest BCUT2D eigenvalue weighted by atomic mass is 9.83. The summed E-state index contributed by atoms with van der Waals surface area (Å²) in [5.41, 5.74) is 6.79. The number of benzene rings is 1. The number of carbonyl (C=O) groups is 1. The number of carboxylic acid groups (broad SMARTS) is 1. The monoisotopic (exact) mass is 407 g/mol. The number of hydrogen-bond donors (Lipinski definition) is 1. The van der Waals surface area contributed by atoms with E-state index >= 15 is 0 Å². The van der Waals surface area contributed by atoms with Crippen molar-refractivity contribution in [1.82, 2.24) is 4.98 Å². The average Bonchev–Trinajstić information content (AvgIpc) is 3.09. The van der Waals surface area contributed by atoms with E-state index in [1.54, 1.807) is 0 Å². The van der Waals surface area contributed by atoms with E-state index in [0.29, 0.717) is 6.42 Å². The molecule has 0 spiro atoms. The number of thiophene rings is 1. The van der Waals surface area contributed by atoms with Crippen molar-refractivity contribution in [3.05, 3.63) is 51.5 Å².